The van der Waals surface area contributed by atoms with Crippen LogP contribution in [0.5, 0.6) is 5.75 Å². The maximum Gasteiger partial charge on any atom is 0.309 e. The summed E-state index contributed by atoms with van der Waals surface area (Å²) in [6.07, 6.45) is 1.05. The van der Waals surface area contributed by atoms with E-state index in [2.05, 4.69) is 0 Å². The van der Waals surface area contributed by atoms with Gasteiger partial charge in [0.1, 0.15) is 10.6 Å². The smallest absolute Gasteiger partial charge is 0.309 e. The van der Waals surface area contributed by atoms with Crippen LogP contribution in [-0.4, -0.2) is 69.4 Å². The third-order valence-electron chi connectivity index (χ3n) is 5.07. The third kappa shape index (κ3) is 5.48. The van der Waals surface area contributed by atoms with Gasteiger partial charge in [-0.3, -0.25) is 9.59 Å². The molecule has 162 valence electrons. The first-order valence-electron chi connectivity index (χ1n) is 9.83. The Bertz CT molecular complexity index is 831. The Kier molecular flexibility index (Phi) is 8.04. The number of esters is 1. The largest absolute Gasteiger partial charge is 0.495 e. The Morgan fingerprint density at radius 1 is 1.21 bits per heavy atom. The summed E-state index contributed by atoms with van der Waals surface area (Å²) >= 11 is 0. The van der Waals surface area contributed by atoms with Gasteiger partial charge in [0.2, 0.25) is 15.9 Å². The summed E-state index contributed by atoms with van der Waals surface area (Å²) < 4.78 is 37.7. The Hall–Kier alpha value is -2.13. The lowest BCUT2D eigenvalue weighted by Crippen LogP contribution is -2.46. The minimum atomic E-state index is -3.89. The topological polar surface area (TPSA) is 93.2 Å². The van der Waals surface area contributed by atoms with Crippen molar-refractivity contribution in [2.75, 3.05) is 39.9 Å². The number of piperidine rings is 1. The summed E-state index contributed by atoms with van der Waals surface area (Å²) in [7, 11) is -2.48. The summed E-state index contributed by atoms with van der Waals surface area (Å²) in [5.74, 6) is -0.466. The number of likely N-dealkylation sites (tertiary alicyclic amines) is 1. The molecule has 0 bridgehead atoms. The van der Waals surface area contributed by atoms with Crippen molar-refractivity contribution in [1.29, 1.82) is 0 Å². The van der Waals surface area contributed by atoms with Crippen LogP contribution in [-0.2, 0) is 24.3 Å². The molecule has 1 fully saturated rings. The summed E-state index contributed by atoms with van der Waals surface area (Å²) in [6, 6.07) is 4.93. The number of benzene rings is 1. The van der Waals surface area contributed by atoms with Gasteiger partial charge in [0, 0.05) is 19.6 Å². The molecule has 0 saturated carbocycles. The van der Waals surface area contributed by atoms with E-state index in [0.717, 1.165) is 9.87 Å². The van der Waals surface area contributed by atoms with E-state index in [4.69, 9.17) is 9.47 Å². The van der Waals surface area contributed by atoms with Crippen molar-refractivity contribution < 1.29 is 27.5 Å². The Balaban J connectivity index is 2.09. The second-order valence-corrected chi connectivity index (χ2v) is 8.90. The van der Waals surface area contributed by atoms with Gasteiger partial charge in [-0.1, -0.05) is 13.0 Å². The molecule has 0 aliphatic carbocycles. The number of hydrogen-bond donors (Lipinski definition) is 0. The highest BCUT2D eigenvalue weighted by Crippen LogP contribution is 2.28. The van der Waals surface area contributed by atoms with Gasteiger partial charge in [-0.15, -0.1) is 0 Å². The fourth-order valence-corrected chi connectivity index (χ4v) is 5.01. The van der Waals surface area contributed by atoms with E-state index in [1.807, 2.05) is 0 Å². The quantitative estimate of drug-likeness (QED) is 0.589. The minimum absolute atomic E-state index is 0.0515. The van der Waals surface area contributed by atoms with Crippen molar-refractivity contribution in [3.63, 3.8) is 0 Å². The normalized spacial score (nSPS) is 15.4. The second kappa shape index (κ2) is 10.1. The molecule has 0 spiro atoms. The van der Waals surface area contributed by atoms with Gasteiger partial charge >= 0.3 is 5.97 Å². The summed E-state index contributed by atoms with van der Waals surface area (Å²) in [6.45, 7) is 6.32. The highest BCUT2D eigenvalue weighted by Gasteiger charge is 2.32. The van der Waals surface area contributed by atoms with Crippen LogP contribution in [0.2, 0.25) is 0 Å². The molecule has 0 unspecified atom stereocenters. The molecule has 9 heteroatoms. The number of sulfonamides is 1. The van der Waals surface area contributed by atoms with Crippen molar-refractivity contribution in [3.05, 3.63) is 23.8 Å². The van der Waals surface area contributed by atoms with Gasteiger partial charge in [0.15, 0.2) is 0 Å². The molecule has 1 heterocycles. The zero-order valence-electron chi connectivity index (χ0n) is 17.5. The number of likely N-dealkylation sites (N-methyl/N-ethyl adjacent to an activating group) is 1. The van der Waals surface area contributed by atoms with E-state index in [-0.39, 0.29) is 41.5 Å². The molecule has 0 atom stereocenters. The van der Waals surface area contributed by atoms with Crippen LogP contribution in [0.15, 0.2) is 23.1 Å². The SMILES string of the molecule is CCOC(=O)C1CCN(C(=O)CN(CC)S(=O)(=O)c2cc(C)ccc2OC)CC1. The molecule has 1 aliphatic rings. The van der Waals surface area contributed by atoms with Gasteiger partial charge in [0.25, 0.3) is 0 Å². The molecule has 2 rings (SSSR count). The molecule has 1 aromatic rings. The lowest BCUT2D eigenvalue weighted by atomic mass is 9.97. The fraction of sp³-hybridized carbons (Fsp3) is 0.600. The minimum Gasteiger partial charge on any atom is -0.495 e. The van der Waals surface area contributed by atoms with Crippen LogP contribution >= 0.6 is 0 Å². The average molecular weight is 427 g/mol. The molecule has 1 aromatic carbocycles. The highest BCUT2D eigenvalue weighted by atomic mass is 32.2. The van der Waals surface area contributed by atoms with Gasteiger partial charge < -0.3 is 14.4 Å². The van der Waals surface area contributed by atoms with E-state index in [1.54, 1.807) is 43.9 Å². The highest BCUT2D eigenvalue weighted by molar-refractivity contribution is 7.89. The maximum atomic E-state index is 13.1. The molecule has 0 radical (unpaired) electrons. The number of carbonyl (C=O) groups is 2. The average Bonchev–Trinajstić information content (AvgIpc) is 2.71. The number of aryl methyl sites for hydroxylation is 1. The van der Waals surface area contributed by atoms with Gasteiger partial charge in [-0.05, 0) is 44.4 Å². The number of nitrogens with zero attached hydrogens (tertiary/aromatic N) is 2. The number of rotatable bonds is 8. The lowest BCUT2D eigenvalue weighted by molar-refractivity contribution is -0.151. The Morgan fingerprint density at radius 3 is 2.41 bits per heavy atom. The van der Waals surface area contributed by atoms with E-state index >= 15 is 0 Å². The van der Waals surface area contributed by atoms with Crippen LogP contribution in [0.1, 0.15) is 32.3 Å². The molecular weight excluding hydrogens is 396 g/mol. The van der Waals surface area contributed by atoms with Gasteiger partial charge in [-0.25, -0.2) is 8.42 Å². The van der Waals surface area contributed by atoms with Crippen molar-refractivity contribution >= 4 is 21.9 Å². The van der Waals surface area contributed by atoms with E-state index in [0.29, 0.717) is 32.5 Å². The first kappa shape index (κ1) is 23.2. The number of methoxy groups -OCH3 is 1. The van der Waals surface area contributed by atoms with Crippen molar-refractivity contribution in [2.45, 2.75) is 38.5 Å². The second-order valence-electron chi connectivity index (χ2n) is 6.99. The summed E-state index contributed by atoms with van der Waals surface area (Å²) in [5.41, 5.74) is 0.785. The van der Waals surface area contributed by atoms with Crippen LogP contribution < -0.4 is 4.74 Å². The van der Waals surface area contributed by atoms with Gasteiger partial charge in [0.05, 0.1) is 26.2 Å². The fourth-order valence-electron chi connectivity index (χ4n) is 3.37. The maximum absolute atomic E-state index is 13.1. The van der Waals surface area contributed by atoms with Crippen LogP contribution in [0.3, 0.4) is 0 Å². The number of hydrogen-bond acceptors (Lipinski definition) is 6. The van der Waals surface area contributed by atoms with Crippen LogP contribution in [0, 0.1) is 12.8 Å². The first-order chi connectivity index (χ1) is 13.7. The molecular formula is C20H30N2O6S. The number of ether oxygens (including phenoxy) is 2. The predicted octanol–water partition coefficient (Wildman–Crippen LogP) is 1.82. The summed E-state index contributed by atoms with van der Waals surface area (Å²) in [4.78, 5) is 26.3. The zero-order valence-corrected chi connectivity index (χ0v) is 18.3. The van der Waals surface area contributed by atoms with Gasteiger partial charge in [-0.2, -0.15) is 4.31 Å². The molecule has 29 heavy (non-hydrogen) atoms. The lowest BCUT2D eigenvalue weighted by Gasteiger charge is -2.32. The van der Waals surface area contributed by atoms with Crippen LogP contribution in [0.25, 0.3) is 0 Å². The van der Waals surface area contributed by atoms with E-state index in [9.17, 15) is 18.0 Å². The third-order valence-corrected chi connectivity index (χ3v) is 7.01. The van der Waals surface area contributed by atoms with Crippen LogP contribution in [0.4, 0.5) is 0 Å². The first-order valence-corrected chi connectivity index (χ1v) is 11.3. The standard InChI is InChI=1S/C20H30N2O6S/c1-5-22(29(25,26)18-13-15(3)7-8-17(18)27-4)14-19(23)21-11-9-16(10-12-21)20(24)28-6-2/h7-8,13,16H,5-6,9-12,14H2,1-4H3. The monoisotopic (exact) mass is 426 g/mol. The molecule has 0 aromatic heterocycles. The van der Waals surface area contributed by atoms with E-state index in [1.165, 1.54) is 7.11 Å². The van der Waals surface area contributed by atoms with E-state index < -0.39 is 10.0 Å². The molecule has 0 N–H and O–H groups in total. The zero-order chi connectivity index (χ0) is 21.6. The predicted molar refractivity (Wildman–Crippen MR) is 108 cm³/mol. The molecule has 8 nitrogen and oxygen atoms in total. The number of carbonyl (C=O) groups excluding carboxylic acids is 2. The summed E-state index contributed by atoms with van der Waals surface area (Å²) in [5, 5.41) is 0. The Labute approximate surface area is 172 Å². The Morgan fingerprint density at radius 2 is 1.86 bits per heavy atom. The van der Waals surface area contributed by atoms with Crippen molar-refractivity contribution in [1.82, 2.24) is 9.21 Å². The van der Waals surface area contributed by atoms with Crippen molar-refractivity contribution in [3.8, 4) is 5.75 Å². The molecule has 1 amide bonds. The molecule has 1 saturated heterocycles. The number of amides is 1. The molecule has 1 aliphatic heterocycles. The van der Waals surface area contributed by atoms with Crippen molar-refractivity contribution in [2.24, 2.45) is 5.92 Å².